The molecule has 1 aliphatic carbocycles. The lowest BCUT2D eigenvalue weighted by Gasteiger charge is -2.32. The fourth-order valence-electron chi connectivity index (χ4n) is 4.15. The van der Waals surface area contributed by atoms with E-state index in [-0.39, 0.29) is 0 Å². The molecule has 26 heavy (non-hydrogen) atoms. The smallest absolute Gasteiger partial charge is 0.191 e. The van der Waals surface area contributed by atoms with Gasteiger partial charge in [0.25, 0.3) is 0 Å². The van der Waals surface area contributed by atoms with Crippen LogP contribution in [0.15, 0.2) is 4.99 Å². The normalized spacial score (nSPS) is 22.8. The fraction of sp³-hybridized carbons (Fsp3) is 0.952. The summed E-state index contributed by atoms with van der Waals surface area (Å²) in [6.07, 6.45) is 10.3. The van der Waals surface area contributed by atoms with Crippen LogP contribution in [0.4, 0.5) is 0 Å². The molecule has 0 aromatic heterocycles. The maximum atomic E-state index is 5.83. The Balaban J connectivity index is 1.55. The monoisotopic (exact) mass is 367 g/mol. The van der Waals surface area contributed by atoms with Crippen LogP contribution in [0, 0.1) is 17.8 Å². The quantitative estimate of drug-likeness (QED) is 0.371. The second-order valence-electron chi connectivity index (χ2n) is 8.17. The van der Waals surface area contributed by atoms with E-state index in [9.17, 15) is 0 Å². The Hall–Kier alpha value is -0.810. The van der Waals surface area contributed by atoms with Gasteiger partial charge in [-0.25, -0.2) is 0 Å². The molecule has 0 spiro atoms. The molecule has 0 aromatic carbocycles. The molecule has 0 bridgehead atoms. The summed E-state index contributed by atoms with van der Waals surface area (Å²) < 4.78 is 11.2. The molecule has 1 heterocycles. The first kappa shape index (κ1) is 21.5. The Kier molecular flexibility index (Phi) is 10.4. The molecular weight excluding hydrogens is 326 g/mol. The Labute approximate surface area is 160 Å². The first-order valence-corrected chi connectivity index (χ1v) is 10.8. The van der Waals surface area contributed by atoms with E-state index in [1.54, 1.807) is 0 Å². The van der Waals surface area contributed by atoms with Gasteiger partial charge in [-0.15, -0.1) is 0 Å². The Morgan fingerprint density at radius 1 is 1.12 bits per heavy atom. The number of nitrogens with one attached hydrogen (secondary N) is 2. The molecule has 2 aliphatic rings. The molecule has 0 aromatic rings. The van der Waals surface area contributed by atoms with Crippen LogP contribution < -0.4 is 10.6 Å². The van der Waals surface area contributed by atoms with Crippen molar-refractivity contribution in [1.29, 1.82) is 0 Å². The van der Waals surface area contributed by atoms with Gasteiger partial charge in [0.1, 0.15) is 0 Å². The Morgan fingerprint density at radius 3 is 2.54 bits per heavy atom. The molecule has 1 saturated heterocycles. The van der Waals surface area contributed by atoms with E-state index in [4.69, 9.17) is 9.47 Å². The van der Waals surface area contributed by atoms with Crippen molar-refractivity contribution in [2.45, 2.75) is 71.3 Å². The average molecular weight is 368 g/mol. The van der Waals surface area contributed by atoms with Crippen molar-refractivity contribution in [3.63, 3.8) is 0 Å². The molecule has 0 radical (unpaired) electrons. The van der Waals surface area contributed by atoms with Crippen LogP contribution in [0.5, 0.6) is 0 Å². The number of rotatable bonds is 9. The molecule has 2 fully saturated rings. The predicted molar refractivity (Wildman–Crippen MR) is 109 cm³/mol. The highest BCUT2D eigenvalue weighted by Gasteiger charge is 2.24. The lowest BCUT2D eigenvalue weighted by atomic mass is 9.78. The van der Waals surface area contributed by atoms with E-state index in [2.05, 4.69) is 29.5 Å². The summed E-state index contributed by atoms with van der Waals surface area (Å²) in [7, 11) is 1.86. The minimum Gasteiger partial charge on any atom is -0.381 e. The topological polar surface area (TPSA) is 54.9 Å². The molecule has 5 nitrogen and oxygen atoms in total. The molecule has 2 rings (SSSR count). The largest absolute Gasteiger partial charge is 0.381 e. The maximum Gasteiger partial charge on any atom is 0.191 e. The van der Waals surface area contributed by atoms with Gasteiger partial charge >= 0.3 is 0 Å². The van der Waals surface area contributed by atoms with Crippen LogP contribution in [0.3, 0.4) is 0 Å². The van der Waals surface area contributed by atoms with Gasteiger partial charge in [0.05, 0.1) is 0 Å². The van der Waals surface area contributed by atoms with Crippen LogP contribution in [0.1, 0.15) is 65.2 Å². The Morgan fingerprint density at radius 2 is 1.85 bits per heavy atom. The summed E-state index contributed by atoms with van der Waals surface area (Å²) in [6.45, 7) is 9.08. The van der Waals surface area contributed by atoms with E-state index < -0.39 is 0 Å². The molecule has 2 unspecified atom stereocenters. The molecule has 5 heteroatoms. The van der Waals surface area contributed by atoms with Gasteiger partial charge in [-0.3, -0.25) is 4.99 Å². The lowest BCUT2D eigenvalue weighted by Crippen LogP contribution is -2.46. The predicted octanol–water partition coefficient (Wildman–Crippen LogP) is 3.59. The van der Waals surface area contributed by atoms with Crippen molar-refractivity contribution < 1.29 is 9.47 Å². The highest BCUT2D eigenvalue weighted by molar-refractivity contribution is 5.79. The van der Waals surface area contributed by atoms with Crippen LogP contribution in [-0.4, -0.2) is 52.0 Å². The molecule has 1 aliphatic heterocycles. The molecule has 1 saturated carbocycles. The zero-order valence-corrected chi connectivity index (χ0v) is 17.3. The maximum absolute atomic E-state index is 5.83. The minimum absolute atomic E-state index is 0.453. The summed E-state index contributed by atoms with van der Waals surface area (Å²) in [6, 6.07) is 0.453. The first-order valence-electron chi connectivity index (χ1n) is 10.8. The van der Waals surface area contributed by atoms with Gasteiger partial charge in [0, 0.05) is 46.1 Å². The molecule has 152 valence electrons. The van der Waals surface area contributed by atoms with Crippen LogP contribution in [-0.2, 0) is 9.47 Å². The van der Waals surface area contributed by atoms with Crippen molar-refractivity contribution in [3.8, 4) is 0 Å². The van der Waals surface area contributed by atoms with Crippen molar-refractivity contribution in [2.24, 2.45) is 22.7 Å². The molecule has 2 N–H and O–H groups in total. The van der Waals surface area contributed by atoms with E-state index >= 15 is 0 Å². The van der Waals surface area contributed by atoms with Crippen molar-refractivity contribution in [1.82, 2.24) is 10.6 Å². The zero-order valence-electron chi connectivity index (χ0n) is 17.3. The Bertz CT molecular complexity index is 391. The van der Waals surface area contributed by atoms with E-state index in [0.717, 1.165) is 64.1 Å². The average Bonchev–Trinajstić information content (AvgIpc) is 2.70. The standard InChI is InChI=1S/C21H41N3O2/c1-17(20-8-5-4-6-9-20)18(2)24-21(22-3)23-12-7-13-26-16-19-10-14-25-15-11-19/h17-20H,4-16H2,1-3H3,(H2,22,23,24). The number of hydrogen-bond donors (Lipinski definition) is 2. The fourth-order valence-corrected chi connectivity index (χ4v) is 4.15. The third-order valence-corrected chi connectivity index (χ3v) is 6.22. The van der Waals surface area contributed by atoms with Crippen molar-refractivity contribution in [2.75, 3.05) is 40.0 Å². The highest BCUT2D eigenvalue weighted by atomic mass is 16.5. The van der Waals surface area contributed by atoms with Crippen LogP contribution in [0.25, 0.3) is 0 Å². The van der Waals surface area contributed by atoms with Gasteiger partial charge in [-0.05, 0) is 43.9 Å². The number of ether oxygens (including phenoxy) is 2. The zero-order chi connectivity index (χ0) is 18.6. The van der Waals surface area contributed by atoms with Crippen LogP contribution in [0.2, 0.25) is 0 Å². The van der Waals surface area contributed by atoms with E-state index in [1.165, 1.54) is 32.1 Å². The summed E-state index contributed by atoms with van der Waals surface area (Å²) in [5, 5.41) is 7.03. The van der Waals surface area contributed by atoms with Gasteiger partial charge in [-0.1, -0.05) is 39.0 Å². The number of aliphatic imine (C=N–C) groups is 1. The highest BCUT2D eigenvalue weighted by Crippen LogP contribution is 2.31. The molecule has 0 amide bonds. The van der Waals surface area contributed by atoms with Gasteiger partial charge in [-0.2, -0.15) is 0 Å². The van der Waals surface area contributed by atoms with E-state index in [0.29, 0.717) is 17.9 Å². The van der Waals surface area contributed by atoms with Gasteiger partial charge in [0.15, 0.2) is 5.96 Å². The second kappa shape index (κ2) is 12.6. The minimum atomic E-state index is 0.453. The number of nitrogens with zero attached hydrogens (tertiary/aromatic N) is 1. The second-order valence-corrected chi connectivity index (χ2v) is 8.17. The summed E-state index contributed by atoms with van der Waals surface area (Å²) in [5.74, 6) is 3.16. The SMILES string of the molecule is CN=C(NCCCOCC1CCOCC1)NC(C)C(C)C1CCCCC1. The first-order chi connectivity index (χ1) is 12.7. The van der Waals surface area contributed by atoms with Crippen molar-refractivity contribution in [3.05, 3.63) is 0 Å². The summed E-state index contributed by atoms with van der Waals surface area (Å²) in [5.41, 5.74) is 0. The number of guanidine groups is 1. The molecule has 2 atom stereocenters. The van der Waals surface area contributed by atoms with Gasteiger partial charge < -0.3 is 20.1 Å². The third-order valence-electron chi connectivity index (χ3n) is 6.22. The summed E-state index contributed by atoms with van der Waals surface area (Å²) >= 11 is 0. The number of hydrogen-bond acceptors (Lipinski definition) is 3. The molecular formula is C21H41N3O2. The lowest BCUT2D eigenvalue weighted by molar-refractivity contribution is 0.0203. The van der Waals surface area contributed by atoms with Crippen molar-refractivity contribution >= 4 is 5.96 Å². The third kappa shape index (κ3) is 7.83. The summed E-state index contributed by atoms with van der Waals surface area (Å²) in [4.78, 5) is 4.39. The van der Waals surface area contributed by atoms with Gasteiger partial charge in [0.2, 0.25) is 0 Å². The van der Waals surface area contributed by atoms with Crippen LogP contribution >= 0.6 is 0 Å². The van der Waals surface area contributed by atoms with E-state index in [1.807, 2.05) is 7.05 Å².